The third kappa shape index (κ3) is 4.28. The summed E-state index contributed by atoms with van der Waals surface area (Å²) in [6, 6.07) is 33.8. The standard InChI is InChI=1S/C45H46BNO2/c1-42(2,3)27-18-21-36-33(24-27)46-32-20-19-31-39(44(6,7)23-22-43(31,4)5)41(32)49-38-26-28(25-37(48-36)40(38)46)47-34-16-12-10-14-29(34)45(8,9)30-15-11-13-17-35(30)47/h10-21,24-26H,22-23H2,1-9H3. The number of benzene rings is 5. The molecule has 0 amide bonds. The van der Waals surface area contributed by atoms with Crippen molar-refractivity contribution in [2.24, 2.45) is 0 Å². The van der Waals surface area contributed by atoms with E-state index < -0.39 is 0 Å². The fraction of sp³-hybridized carbons (Fsp3) is 0.333. The second-order valence-corrected chi connectivity index (χ2v) is 17.7. The quantitative estimate of drug-likeness (QED) is 0.166. The fourth-order valence-corrected chi connectivity index (χ4v) is 9.21. The molecule has 0 aromatic heterocycles. The first-order valence-electron chi connectivity index (χ1n) is 18.0. The maximum atomic E-state index is 7.31. The van der Waals surface area contributed by atoms with Gasteiger partial charge in [-0.25, -0.2) is 0 Å². The minimum atomic E-state index is -0.135. The molecule has 4 heteroatoms. The first kappa shape index (κ1) is 30.6. The molecular weight excluding hydrogens is 597 g/mol. The molecule has 3 heterocycles. The van der Waals surface area contributed by atoms with Crippen LogP contribution < -0.4 is 30.8 Å². The van der Waals surface area contributed by atoms with Gasteiger partial charge in [0.2, 0.25) is 0 Å². The molecule has 0 bridgehead atoms. The van der Waals surface area contributed by atoms with Crippen LogP contribution >= 0.6 is 0 Å². The summed E-state index contributed by atoms with van der Waals surface area (Å²) >= 11 is 0. The van der Waals surface area contributed by atoms with Gasteiger partial charge in [0.1, 0.15) is 23.0 Å². The van der Waals surface area contributed by atoms with Crippen LogP contribution in [0, 0.1) is 0 Å². The van der Waals surface area contributed by atoms with E-state index in [2.05, 4.69) is 158 Å². The number of rotatable bonds is 1. The van der Waals surface area contributed by atoms with Gasteiger partial charge in [-0.15, -0.1) is 0 Å². The molecule has 0 fully saturated rings. The monoisotopic (exact) mass is 643 g/mol. The molecule has 0 radical (unpaired) electrons. The Kier molecular flexibility index (Phi) is 6.15. The molecule has 0 saturated carbocycles. The summed E-state index contributed by atoms with van der Waals surface area (Å²) in [5.41, 5.74) is 13.7. The highest BCUT2D eigenvalue weighted by molar-refractivity contribution is 6.98. The van der Waals surface area contributed by atoms with Crippen molar-refractivity contribution in [1.82, 2.24) is 0 Å². The second kappa shape index (κ2) is 9.84. The largest absolute Gasteiger partial charge is 0.458 e. The summed E-state index contributed by atoms with van der Waals surface area (Å²) < 4.78 is 14.2. The average Bonchev–Trinajstić information content (AvgIpc) is 3.06. The Morgan fingerprint density at radius 2 is 1.22 bits per heavy atom. The number of para-hydroxylation sites is 2. The average molecular weight is 644 g/mol. The first-order valence-corrected chi connectivity index (χ1v) is 18.0. The topological polar surface area (TPSA) is 21.7 Å². The Bertz CT molecular complexity index is 2170. The highest BCUT2D eigenvalue weighted by atomic mass is 16.5. The molecule has 0 N–H and O–H groups in total. The van der Waals surface area contributed by atoms with E-state index in [0.29, 0.717) is 0 Å². The van der Waals surface area contributed by atoms with E-state index in [1.165, 1.54) is 50.1 Å². The lowest BCUT2D eigenvalue weighted by molar-refractivity contribution is 0.320. The van der Waals surface area contributed by atoms with E-state index in [0.717, 1.165) is 47.0 Å². The van der Waals surface area contributed by atoms with Gasteiger partial charge in [-0.2, -0.15) is 0 Å². The van der Waals surface area contributed by atoms with Gasteiger partial charge in [0.25, 0.3) is 6.71 Å². The van der Waals surface area contributed by atoms with E-state index >= 15 is 0 Å². The van der Waals surface area contributed by atoms with Crippen molar-refractivity contribution in [2.75, 3.05) is 4.90 Å². The molecule has 1 aliphatic carbocycles. The van der Waals surface area contributed by atoms with Gasteiger partial charge in [-0.3, -0.25) is 0 Å². The number of fused-ring (bicyclic) bond motifs is 8. The van der Waals surface area contributed by atoms with Crippen LogP contribution in [0.4, 0.5) is 17.1 Å². The van der Waals surface area contributed by atoms with Crippen LogP contribution in [0.25, 0.3) is 0 Å². The Labute approximate surface area is 292 Å². The highest BCUT2D eigenvalue weighted by Gasteiger charge is 2.47. The fourth-order valence-electron chi connectivity index (χ4n) is 9.21. The zero-order valence-corrected chi connectivity index (χ0v) is 30.4. The van der Waals surface area contributed by atoms with Crippen molar-refractivity contribution < 1.29 is 9.47 Å². The van der Waals surface area contributed by atoms with E-state index in [1.807, 2.05) is 0 Å². The predicted octanol–water partition coefficient (Wildman–Crippen LogP) is 10.2. The van der Waals surface area contributed by atoms with E-state index in [4.69, 9.17) is 9.47 Å². The lowest BCUT2D eigenvalue weighted by Gasteiger charge is -2.45. The van der Waals surface area contributed by atoms with Crippen molar-refractivity contribution in [2.45, 2.75) is 96.8 Å². The van der Waals surface area contributed by atoms with Gasteiger partial charge < -0.3 is 14.4 Å². The van der Waals surface area contributed by atoms with Crippen molar-refractivity contribution in [3.63, 3.8) is 0 Å². The SMILES string of the molecule is CC(C)(C)c1ccc2c(c1)B1c3ccc4c(c3Oc3cc(N5c6ccccc6C(C)(C)c6ccccc65)cc(c31)O2)C(C)(C)CCC4(C)C. The van der Waals surface area contributed by atoms with Crippen molar-refractivity contribution >= 4 is 40.2 Å². The van der Waals surface area contributed by atoms with Crippen LogP contribution in [0.2, 0.25) is 0 Å². The van der Waals surface area contributed by atoms with E-state index in [1.54, 1.807) is 0 Å². The zero-order valence-electron chi connectivity index (χ0n) is 30.4. The molecule has 4 aliphatic rings. The molecule has 5 aromatic carbocycles. The number of nitrogens with zero attached hydrogens (tertiary/aromatic N) is 1. The smallest absolute Gasteiger partial charge is 0.260 e. The summed E-state index contributed by atoms with van der Waals surface area (Å²) in [5, 5.41) is 0. The van der Waals surface area contributed by atoms with Gasteiger partial charge in [0, 0.05) is 28.6 Å². The number of hydrogen-bond donors (Lipinski definition) is 0. The summed E-state index contributed by atoms with van der Waals surface area (Å²) in [6.45, 7) is 21.2. The van der Waals surface area contributed by atoms with Gasteiger partial charge in [0.15, 0.2) is 0 Å². The molecule has 0 spiro atoms. The maximum Gasteiger partial charge on any atom is 0.260 e. The van der Waals surface area contributed by atoms with Crippen molar-refractivity contribution in [3.05, 3.63) is 119 Å². The molecule has 3 aliphatic heterocycles. The van der Waals surface area contributed by atoms with Crippen LogP contribution in [-0.2, 0) is 21.7 Å². The Hall–Kier alpha value is -4.44. The van der Waals surface area contributed by atoms with Crippen LogP contribution in [-0.4, -0.2) is 6.71 Å². The van der Waals surface area contributed by atoms with Crippen LogP contribution in [0.15, 0.2) is 91.0 Å². The summed E-state index contributed by atoms with van der Waals surface area (Å²) in [4.78, 5) is 2.41. The molecule has 0 atom stereocenters. The number of anilines is 3. The molecule has 0 unspecified atom stereocenters. The van der Waals surface area contributed by atoms with Crippen molar-refractivity contribution in [3.8, 4) is 23.0 Å². The molecule has 49 heavy (non-hydrogen) atoms. The number of hydrogen-bond acceptors (Lipinski definition) is 3. The van der Waals surface area contributed by atoms with E-state index in [9.17, 15) is 0 Å². The second-order valence-electron chi connectivity index (χ2n) is 17.7. The van der Waals surface area contributed by atoms with E-state index in [-0.39, 0.29) is 28.4 Å². The number of ether oxygens (including phenoxy) is 2. The summed E-state index contributed by atoms with van der Waals surface area (Å²) in [7, 11) is 0. The van der Waals surface area contributed by atoms with Gasteiger partial charge in [-0.1, -0.05) is 123 Å². The molecule has 3 nitrogen and oxygen atoms in total. The lowest BCUT2D eigenvalue weighted by atomic mass is 9.34. The Balaban J connectivity index is 1.33. The summed E-state index contributed by atoms with van der Waals surface area (Å²) in [5.74, 6) is 3.74. The molecule has 9 rings (SSSR count). The normalized spacial score (nSPS) is 18.5. The Morgan fingerprint density at radius 1 is 0.612 bits per heavy atom. The predicted molar refractivity (Wildman–Crippen MR) is 205 cm³/mol. The Morgan fingerprint density at radius 3 is 1.88 bits per heavy atom. The minimum absolute atomic E-state index is 0.00821. The molecule has 0 saturated heterocycles. The third-order valence-electron chi connectivity index (χ3n) is 12.2. The molecule has 5 aromatic rings. The van der Waals surface area contributed by atoms with Gasteiger partial charge in [-0.05, 0) is 80.5 Å². The van der Waals surface area contributed by atoms with Crippen LogP contribution in [0.1, 0.15) is 103 Å². The minimum Gasteiger partial charge on any atom is -0.458 e. The van der Waals surface area contributed by atoms with Crippen molar-refractivity contribution in [1.29, 1.82) is 0 Å². The maximum absolute atomic E-state index is 7.31. The first-order chi connectivity index (χ1) is 23.2. The third-order valence-corrected chi connectivity index (χ3v) is 12.2. The van der Waals surface area contributed by atoms with Crippen LogP contribution in [0.5, 0.6) is 23.0 Å². The highest BCUT2D eigenvalue weighted by Crippen LogP contribution is 2.54. The van der Waals surface area contributed by atoms with Gasteiger partial charge >= 0.3 is 0 Å². The van der Waals surface area contributed by atoms with Crippen LogP contribution in [0.3, 0.4) is 0 Å². The van der Waals surface area contributed by atoms with Gasteiger partial charge in [0.05, 0.1) is 17.1 Å². The lowest BCUT2D eigenvalue weighted by Crippen LogP contribution is -2.58. The summed E-state index contributed by atoms with van der Waals surface area (Å²) in [6.07, 6.45) is 2.29. The molecule has 246 valence electrons. The molecular formula is C45H46BNO2. The zero-order chi connectivity index (χ0) is 34.2.